The molecule has 2 amide bonds. The fraction of sp³-hybridized carbons (Fsp3) is 0.158. The van der Waals surface area contributed by atoms with E-state index in [1.807, 2.05) is 55.5 Å². The molecule has 3 rings (SSSR count). The average Bonchev–Trinajstić information content (AvgIpc) is 2.84. The molecule has 2 aromatic carbocycles. The maximum atomic E-state index is 12.6. The molecule has 4 nitrogen and oxygen atoms in total. The summed E-state index contributed by atoms with van der Waals surface area (Å²) in [4.78, 5) is 26.5. The van der Waals surface area contributed by atoms with Crippen LogP contribution in [0.15, 0.2) is 57.9 Å². The third-order valence-electron chi connectivity index (χ3n) is 3.59. The van der Waals surface area contributed by atoms with Gasteiger partial charge in [0.25, 0.3) is 11.1 Å². The zero-order valence-electron chi connectivity index (χ0n) is 13.6. The van der Waals surface area contributed by atoms with Gasteiger partial charge in [-0.2, -0.15) is 0 Å². The molecule has 128 valence electrons. The molecule has 2 aromatic rings. The lowest BCUT2D eigenvalue weighted by atomic mass is 10.2. The number of amides is 2. The van der Waals surface area contributed by atoms with Crippen LogP contribution in [-0.4, -0.2) is 22.7 Å². The molecule has 0 spiro atoms. The van der Waals surface area contributed by atoms with Crippen molar-refractivity contribution in [2.24, 2.45) is 0 Å². The van der Waals surface area contributed by atoms with Crippen molar-refractivity contribution in [2.75, 3.05) is 6.61 Å². The lowest BCUT2D eigenvalue weighted by molar-refractivity contribution is -0.123. The number of hydrogen-bond acceptors (Lipinski definition) is 4. The first-order valence-electron chi connectivity index (χ1n) is 7.79. The molecular formula is C19H16BrNO3S. The zero-order chi connectivity index (χ0) is 17.8. The van der Waals surface area contributed by atoms with E-state index in [1.54, 1.807) is 6.08 Å². The van der Waals surface area contributed by atoms with Gasteiger partial charge in [-0.15, -0.1) is 0 Å². The number of hydrogen-bond donors (Lipinski definition) is 0. The second-order valence-electron chi connectivity index (χ2n) is 5.40. The number of benzene rings is 2. The molecule has 1 aliphatic heterocycles. The Labute approximate surface area is 159 Å². The summed E-state index contributed by atoms with van der Waals surface area (Å²) in [7, 11) is 0. The van der Waals surface area contributed by atoms with Crippen LogP contribution in [0.2, 0.25) is 0 Å². The first-order valence-corrected chi connectivity index (χ1v) is 9.40. The third kappa shape index (κ3) is 4.32. The van der Waals surface area contributed by atoms with Gasteiger partial charge >= 0.3 is 0 Å². The van der Waals surface area contributed by atoms with E-state index in [1.165, 1.54) is 4.90 Å². The summed E-state index contributed by atoms with van der Waals surface area (Å²) in [5.41, 5.74) is 1.76. The fourth-order valence-electron chi connectivity index (χ4n) is 2.43. The van der Waals surface area contributed by atoms with Gasteiger partial charge < -0.3 is 4.74 Å². The highest BCUT2D eigenvalue weighted by Crippen LogP contribution is 2.33. The van der Waals surface area contributed by atoms with Gasteiger partial charge in [-0.1, -0.05) is 40.2 Å². The molecule has 0 atom stereocenters. The predicted octanol–water partition coefficient (Wildman–Crippen LogP) is 5.08. The first-order chi connectivity index (χ1) is 12.1. The summed E-state index contributed by atoms with van der Waals surface area (Å²) in [5, 5.41) is -0.248. The summed E-state index contributed by atoms with van der Waals surface area (Å²) < 4.78 is 6.32. The predicted molar refractivity (Wildman–Crippen MR) is 103 cm³/mol. The number of halogens is 1. The summed E-state index contributed by atoms with van der Waals surface area (Å²) in [5.74, 6) is 0.520. The molecule has 1 fully saturated rings. The van der Waals surface area contributed by atoms with Gasteiger partial charge in [0.15, 0.2) is 0 Å². The third-order valence-corrected chi connectivity index (χ3v) is 4.99. The van der Waals surface area contributed by atoms with E-state index in [0.29, 0.717) is 11.5 Å². The van der Waals surface area contributed by atoms with E-state index in [9.17, 15) is 9.59 Å². The molecule has 0 aliphatic carbocycles. The van der Waals surface area contributed by atoms with Crippen LogP contribution >= 0.6 is 27.7 Å². The number of ether oxygens (including phenoxy) is 1. The Morgan fingerprint density at radius 1 is 1.16 bits per heavy atom. The monoisotopic (exact) mass is 417 g/mol. The molecule has 0 unspecified atom stereocenters. The van der Waals surface area contributed by atoms with Crippen molar-refractivity contribution in [3.63, 3.8) is 0 Å². The van der Waals surface area contributed by atoms with Gasteiger partial charge in [-0.25, -0.2) is 0 Å². The maximum absolute atomic E-state index is 12.6. The van der Waals surface area contributed by atoms with Crippen LogP contribution < -0.4 is 4.74 Å². The van der Waals surface area contributed by atoms with Crippen molar-refractivity contribution in [1.82, 2.24) is 4.90 Å². The Kier molecular flexibility index (Phi) is 5.60. The van der Waals surface area contributed by atoms with Crippen LogP contribution in [0, 0.1) is 0 Å². The van der Waals surface area contributed by atoms with Crippen LogP contribution in [0.4, 0.5) is 4.79 Å². The highest BCUT2D eigenvalue weighted by molar-refractivity contribution is 9.10. The topological polar surface area (TPSA) is 46.6 Å². The summed E-state index contributed by atoms with van der Waals surface area (Å²) in [6.07, 6.45) is 1.74. The highest BCUT2D eigenvalue weighted by atomic mass is 79.9. The molecular weight excluding hydrogens is 402 g/mol. The molecule has 0 aromatic heterocycles. The van der Waals surface area contributed by atoms with Crippen molar-refractivity contribution < 1.29 is 14.3 Å². The number of carbonyl (C=O) groups excluding carboxylic acids is 2. The largest absolute Gasteiger partial charge is 0.494 e. The van der Waals surface area contributed by atoms with Gasteiger partial charge in [-0.3, -0.25) is 14.5 Å². The fourth-order valence-corrected chi connectivity index (χ4v) is 3.72. The van der Waals surface area contributed by atoms with E-state index in [4.69, 9.17) is 4.74 Å². The van der Waals surface area contributed by atoms with Gasteiger partial charge in [0.05, 0.1) is 18.1 Å². The molecule has 1 aliphatic rings. The molecule has 0 radical (unpaired) electrons. The first kappa shape index (κ1) is 17.8. The Bertz CT molecular complexity index is 833. The van der Waals surface area contributed by atoms with Crippen molar-refractivity contribution in [3.8, 4) is 5.75 Å². The standard InChI is InChI=1S/C19H16BrNO3S/c1-2-24-16-8-6-13(7-9-16)11-17-18(22)21(19(23)25-17)12-14-4-3-5-15(20)10-14/h3-11H,2,12H2,1H3/b17-11+. The van der Waals surface area contributed by atoms with Crippen LogP contribution in [0.25, 0.3) is 6.08 Å². The summed E-state index contributed by atoms with van der Waals surface area (Å²) in [6.45, 7) is 2.80. The molecule has 1 heterocycles. The lowest BCUT2D eigenvalue weighted by Gasteiger charge is -2.12. The number of thioether (sulfide) groups is 1. The van der Waals surface area contributed by atoms with Crippen LogP contribution in [0.3, 0.4) is 0 Å². The van der Waals surface area contributed by atoms with Crippen LogP contribution in [-0.2, 0) is 11.3 Å². The van der Waals surface area contributed by atoms with E-state index in [-0.39, 0.29) is 17.7 Å². The van der Waals surface area contributed by atoms with Crippen molar-refractivity contribution in [3.05, 3.63) is 69.0 Å². The van der Waals surface area contributed by atoms with Gasteiger partial charge in [0.1, 0.15) is 5.75 Å². The van der Waals surface area contributed by atoms with Gasteiger partial charge in [-0.05, 0) is 60.2 Å². The minimum absolute atomic E-state index is 0.248. The van der Waals surface area contributed by atoms with Gasteiger partial charge in [0, 0.05) is 4.47 Å². The minimum Gasteiger partial charge on any atom is -0.494 e. The SMILES string of the molecule is CCOc1ccc(/C=C2/SC(=O)N(Cc3cccc(Br)c3)C2=O)cc1. The van der Waals surface area contributed by atoms with E-state index in [0.717, 1.165) is 33.1 Å². The Morgan fingerprint density at radius 3 is 2.60 bits per heavy atom. The summed E-state index contributed by atoms with van der Waals surface area (Å²) >= 11 is 4.37. The maximum Gasteiger partial charge on any atom is 0.293 e. The smallest absolute Gasteiger partial charge is 0.293 e. The Hall–Kier alpha value is -2.05. The molecule has 0 bridgehead atoms. The zero-order valence-corrected chi connectivity index (χ0v) is 16.0. The second-order valence-corrected chi connectivity index (χ2v) is 7.31. The minimum atomic E-state index is -0.260. The lowest BCUT2D eigenvalue weighted by Crippen LogP contribution is -2.27. The second kappa shape index (κ2) is 7.89. The van der Waals surface area contributed by atoms with E-state index < -0.39 is 0 Å². The molecule has 6 heteroatoms. The quantitative estimate of drug-likeness (QED) is 0.635. The molecule has 1 saturated heterocycles. The summed E-state index contributed by atoms with van der Waals surface area (Å²) in [6, 6.07) is 15.0. The number of rotatable bonds is 5. The molecule has 25 heavy (non-hydrogen) atoms. The van der Waals surface area contributed by atoms with E-state index in [2.05, 4.69) is 15.9 Å². The normalized spacial score (nSPS) is 15.9. The Morgan fingerprint density at radius 2 is 1.92 bits per heavy atom. The average molecular weight is 418 g/mol. The van der Waals surface area contributed by atoms with Crippen molar-refractivity contribution in [1.29, 1.82) is 0 Å². The Balaban J connectivity index is 1.76. The number of carbonyl (C=O) groups is 2. The van der Waals surface area contributed by atoms with Crippen molar-refractivity contribution in [2.45, 2.75) is 13.5 Å². The van der Waals surface area contributed by atoms with Crippen LogP contribution in [0.5, 0.6) is 5.75 Å². The molecule has 0 N–H and O–H groups in total. The molecule has 0 saturated carbocycles. The van der Waals surface area contributed by atoms with Crippen LogP contribution in [0.1, 0.15) is 18.1 Å². The van der Waals surface area contributed by atoms with Gasteiger partial charge in [0.2, 0.25) is 0 Å². The van der Waals surface area contributed by atoms with Crippen molar-refractivity contribution >= 4 is 44.9 Å². The van der Waals surface area contributed by atoms with E-state index >= 15 is 0 Å². The number of nitrogens with zero attached hydrogens (tertiary/aromatic N) is 1. The number of imide groups is 1. The highest BCUT2D eigenvalue weighted by Gasteiger charge is 2.34.